The molecule has 3 heterocycles. The van der Waals surface area contributed by atoms with E-state index in [-0.39, 0.29) is 11.2 Å². The average molecular weight is 343 g/mol. The van der Waals surface area contributed by atoms with Gasteiger partial charge < -0.3 is 17.4 Å². The molecule has 4 nitrogen and oxygen atoms in total. The molecule has 4 rings (SSSR count). The summed E-state index contributed by atoms with van der Waals surface area (Å²) in [5.74, 6) is 0. The summed E-state index contributed by atoms with van der Waals surface area (Å²) in [4.78, 5) is 19.4. The number of para-hydroxylation sites is 1. The first-order chi connectivity index (χ1) is 11.0. The zero-order chi connectivity index (χ0) is 16.2. The molecule has 3 aromatic rings. The van der Waals surface area contributed by atoms with E-state index in [0.717, 1.165) is 21.0 Å². The monoisotopic (exact) mass is 343 g/mol. The molecule has 2 aromatic heterocycles. The second-order valence-electron chi connectivity index (χ2n) is 6.28. The van der Waals surface area contributed by atoms with E-state index in [4.69, 9.17) is 17.4 Å². The van der Waals surface area contributed by atoms with Crippen molar-refractivity contribution in [2.24, 2.45) is 0 Å². The van der Waals surface area contributed by atoms with Crippen molar-refractivity contribution in [2.75, 3.05) is 0 Å². The third-order valence-electron chi connectivity index (χ3n) is 4.09. The third kappa shape index (κ3) is 2.38. The van der Waals surface area contributed by atoms with Crippen LogP contribution in [0.3, 0.4) is 0 Å². The SMILES string of the molecule is CC1(C)Cc2c(sc3nc([S-])n(-c4ccccc4)c(=O)c23)CO1. The number of thiophene rings is 1. The molecule has 0 aliphatic carbocycles. The van der Waals surface area contributed by atoms with Crippen LogP contribution < -0.4 is 5.56 Å². The van der Waals surface area contributed by atoms with E-state index in [1.807, 2.05) is 44.2 Å². The molecule has 0 bridgehead atoms. The standard InChI is InChI=1S/C17H16N2O2S2/c1-17(2)8-11-12(9-21-17)23-14-13(11)15(20)19(16(22)18-14)10-6-4-3-5-7-10/h3-7H,8-9H2,1-2H3,(H,18,22)/p-1. The van der Waals surface area contributed by atoms with E-state index in [9.17, 15) is 4.79 Å². The molecular formula is C17H15N2O2S2-. The van der Waals surface area contributed by atoms with Crippen molar-refractivity contribution < 1.29 is 4.74 Å². The minimum atomic E-state index is -0.266. The summed E-state index contributed by atoms with van der Waals surface area (Å²) in [5, 5.41) is 0.992. The van der Waals surface area contributed by atoms with Crippen molar-refractivity contribution in [2.45, 2.75) is 37.6 Å². The Hall–Kier alpha value is -1.76. The number of hydrogen-bond donors (Lipinski definition) is 0. The van der Waals surface area contributed by atoms with Crippen LogP contribution in [0.25, 0.3) is 15.9 Å². The molecule has 0 saturated heterocycles. The lowest BCUT2D eigenvalue weighted by atomic mass is 9.94. The van der Waals surface area contributed by atoms with Crippen LogP contribution in [0.2, 0.25) is 0 Å². The Morgan fingerprint density at radius 3 is 2.78 bits per heavy atom. The van der Waals surface area contributed by atoms with Gasteiger partial charge in [-0.05, 0) is 36.7 Å². The number of aromatic nitrogens is 2. The Balaban J connectivity index is 2.03. The van der Waals surface area contributed by atoms with Crippen LogP contribution in [0.4, 0.5) is 0 Å². The van der Waals surface area contributed by atoms with E-state index < -0.39 is 0 Å². The molecule has 1 aliphatic heterocycles. The number of benzene rings is 1. The summed E-state index contributed by atoms with van der Waals surface area (Å²) >= 11 is 6.88. The lowest BCUT2D eigenvalue weighted by Gasteiger charge is -2.30. The minimum absolute atomic E-state index is 0.0820. The molecule has 118 valence electrons. The summed E-state index contributed by atoms with van der Waals surface area (Å²) < 4.78 is 7.38. The van der Waals surface area contributed by atoms with Gasteiger partial charge in [-0.25, -0.2) is 4.98 Å². The molecule has 1 aromatic carbocycles. The number of nitrogens with zero attached hydrogens (tertiary/aromatic N) is 2. The van der Waals surface area contributed by atoms with E-state index in [0.29, 0.717) is 23.6 Å². The Bertz CT molecular complexity index is 958. The fourth-order valence-corrected chi connectivity index (χ4v) is 4.41. The predicted molar refractivity (Wildman–Crippen MR) is 93.4 cm³/mol. The highest BCUT2D eigenvalue weighted by molar-refractivity contribution is 7.58. The van der Waals surface area contributed by atoms with Crippen LogP contribution in [0.15, 0.2) is 40.3 Å². The predicted octanol–water partition coefficient (Wildman–Crippen LogP) is 3.20. The largest absolute Gasteiger partial charge is 0.742 e. The molecule has 6 heteroatoms. The molecule has 0 amide bonds. The molecular weight excluding hydrogens is 328 g/mol. The fourth-order valence-electron chi connectivity index (χ4n) is 2.98. The van der Waals surface area contributed by atoms with Crippen molar-refractivity contribution in [1.82, 2.24) is 9.55 Å². The third-order valence-corrected chi connectivity index (χ3v) is 5.46. The highest BCUT2D eigenvalue weighted by Crippen LogP contribution is 2.37. The summed E-state index contributed by atoms with van der Waals surface area (Å²) in [6.45, 7) is 4.62. The van der Waals surface area contributed by atoms with Crippen molar-refractivity contribution >= 4 is 34.2 Å². The van der Waals surface area contributed by atoms with Gasteiger partial charge in [0, 0.05) is 17.0 Å². The lowest BCUT2D eigenvalue weighted by Crippen LogP contribution is -2.32. The number of rotatable bonds is 1. The van der Waals surface area contributed by atoms with Crippen LogP contribution in [-0.2, 0) is 30.4 Å². The molecule has 0 unspecified atom stereocenters. The summed E-state index contributed by atoms with van der Waals surface area (Å²) in [6, 6.07) is 9.44. The molecule has 0 atom stereocenters. The maximum atomic E-state index is 13.1. The maximum Gasteiger partial charge on any atom is 0.265 e. The molecule has 0 N–H and O–H groups in total. The Kier molecular flexibility index (Phi) is 3.30. The van der Waals surface area contributed by atoms with E-state index in [1.165, 1.54) is 15.9 Å². The Morgan fingerprint density at radius 2 is 2.04 bits per heavy atom. The first-order valence-corrected chi connectivity index (χ1v) is 8.62. The van der Waals surface area contributed by atoms with E-state index >= 15 is 0 Å². The number of ether oxygens (including phenoxy) is 1. The number of fused-ring (bicyclic) bond motifs is 3. The van der Waals surface area contributed by atoms with Crippen molar-refractivity contribution in [3.05, 3.63) is 51.1 Å². The topological polar surface area (TPSA) is 44.1 Å². The van der Waals surface area contributed by atoms with Crippen LogP contribution in [0.1, 0.15) is 24.3 Å². The molecule has 0 saturated carbocycles. The summed E-state index contributed by atoms with van der Waals surface area (Å²) in [6.07, 6.45) is 0.713. The van der Waals surface area contributed by atoms with Crippen LogP contribution >= 0.6 is 11.3 Å². The van der Waals surface area contributed by atoms with Crippen LogP contribution in [0, 0.1) is 0 Å². The molecule has 1 aliphatic rings. The fraction of sp³-hybridized carbons (Fsp3) is 0.294. The zero-order valence-electron chi connectivity index (χ0n) is 12.8. The lowest BCUT2D eigenvalue weighted by molar-refractivity contribution is -0.0379. The van der Waals surface area contributed by atoms with E-state index in [2.05, 4.69) is 4.98 Å². The van der Waals surface area contributed by atoms with Gasteiger partial charge in [0.05, 0.1) is 17.6 Å². The second-order valence-corrected chi connectivity index (χ2v) is 7.73. The minimum Gasteiger partial charge on any atom is -0.742 e. The van der Waals surface area contributed by atoms with Gasteiger partial charge >= 0.3 is 0 Å². The van der Waals surface area contributed by atoms with Gasteiger partial charge in [-0.1, -0.05) is 18.2 Å². The van der Waals surface area contributed by atoms with E-state index in [1.54, 1.807) is 0 Å². The number of hydrogen-bond acceptors (Lipinski definition) is 5. The van der Waals surface area contributed by atoms with Crippen molar-refractivity contribution in [3.8, 4) is 5.69 Å². The van der Waals surface area contributed by atoms with Gasteiger partial charge in [0.15, 0.2) is 0 Å². The first kappa shape index (κ1) is 14.8. The normalized spacial score (nSPS) is 16.4. The van der Waals surface area contributed by atoms with Gasteiger partial charge in [-0.3, -0.25) is 9.36 Å². The molecule has 0 spiro atoms. The highest BCUT2D eigenvalue weighted by Gasteiger charge is 2.30. The van der Waals surface area contributed by atoms with Gasteiger partial charge in [0.2, 0.25) is 0 Å². The summed E-state index contributed by atoms with van der Waals surface area (Å²) in [7, 11) is 0. The van der Waals surface area contributed by atoms with Gasteiger partial charge in [-0.2, -0.15) is 0 Å². The van der Waals surface area contributed by atoms with Gasteiger partial charge in [0.1, 0.15) is 4.83 Å². The maximum absolute atomic E-state index is 13.1. The molecule has 0 radical (unpaired) electrons. The second kappa shape index (κ2) is 5.12. The van der Waals surface area contributed by atoms with Gasteiger partial charge in [0.25, 0.3) is 5.56 Å². The van der Waals surface area contributed by atoms with Gasteiger partial charge in [-0.15, -0.1) is 11.3 Å². The van der Waals surface area contributed by atoms with Crippen LogP contribution in [-0.4, -0.2) is 15.2 Å². The first-order valence-electron chi connectivity index (χ1n) is 7.40. The van der Waals surface area contributed by atoms with Crippen LogP contribution in [0.5, 0.6) is 0 Å². The molecule has 23 heavy (non-hydrogen) atoms. The zero-order valence-corrected chi connectivity index (χ0v) is 14.5. The summed E-state index contributed by atoms with van der Waals surface area (Å²) in [5.41, 5.74) is 1.47. The smallest absolute Gasteiger partial charge is 0.265 e. The Morgan fingerprint density at radius 1 is 1.30 bits per heavy atom. The highest BCUT2D eigenvalue weighted by atomic mass is 32.1. The van der Waals surface area contributed by atoms with Crippen molar-refractivity contribution in [1.29, 1.82) is 0 Å². The van der Waals surface area contributed by atoms with Crippen molar-refractivity contribution in [3.63, 3.8) is 0 Å². The molecule has 0 fully saturated rings. The Labute approximate surface area is 143 Å². The quantitative estimate of drug-likeness (QED) is 0.503. The average Bonchev–Trinajstić information content (AvgIpc) is 2.84.